The van der Waals surface area contributed by atoms with E-state index >= 15 is 0 Å². The topological polar surface area (TPSA) is 49.9 Å². The third-order valence-corrected chi connectivity index (χ3v) is 6.80. The Morgan fingerprint density at radius 2 is 1.51 bits per heavy atom. The molecule has 0 unspecified atom stereocenters. The van der Waals surface area contributed by atoms with Gasteiger partial charge in [0.1, 0.15) is 12.4 Å². The van der Waals surface area contributed by atoms with Crippen LogP contribution < -0.4 is 10.1 Å². The summed E-state index contributed by atoms with van der Waals surface area (Å²) >= 11 is 0. The second kappa shape index (κ2) is 10.6. The Morgan fingerprint density at radius 1 is 0.730 bits per heavy atom. The lowest BCUT2D eigenvalue weighted by molar-refractivity contribution is 0.303. The third kappa shape index (κ3) is 5.19. The molecule has 0 bridgehead atoms. The van der Waals surface area contributed by atoms with Gasteiger partial charge in [-0.3, -0.25) is 4.98 Å². The summed E-state index contributed by atoms with van der Waals surface area (Å²) in [5.74, 6) is 0.922. The van der Waals surface area contributed by atoms with Crippen molar-refractivity contribution in [2.45, 2.75) is 25.9 Å². The van der Waals surface area contributed by atoms with Gasteiger partial charge in [0.2, 0.25) is 0 Å². The van der Waals surface area contributed by atoms with E-state index in [1.54, 1.807) is 0 Å². The number of aromatic amines is 1. The summed E-state index contributed by atoms with van der Waals surface area (Å²) in [5, 5.41) is 6.00. The van der Waals surface area contributed by atoms with Gasteiger partial charge in [-0.05, 0) is 60.2 Å². The number of ether oxygens (including phenoxy) is 1. The summed E-state index contributed by atoms with van der Waals surface area (Å²) in [5.41, 5.74) is 7.95. The normalized spacial score (nSPS) is 11.1. The molecule has 0 aliphatic heterocycles. The molecule has 0 spiro atoms. The molecule has 6 aromatic rings. The number of aryl methyl sites for hydroxylation is 2. The third-order valence-electron chi connectivity index (χ3n) is 6.80. The first-order valence-electron chi connectivity index (χ1n) is 12.8. The molecule has 4 nitrogen and oxygen atoms in total. The van der Waals surface area contributed by atoms with Crippen molar-refractivity contribution in [3.63, 3.8) is 0 Å². The zero-order valence-corrected chi connectivity index (χ0v) is 20.7. The number of hydrogen-bond donors (Lipinski definition) is 2. The molecule has 4 aromatic carbocycles. The van der Waals surface area contributed by atoms with Crippen molar-refractivity contribution in [2.24, 2.45) is 0 Å². The van der Waals surface area contributed by atoms with Gasteiger partial charge in [-0.1, -0.05) is 72.8 Å². The lowest BCUT2D eigenvalue weighted by Gasteiger charge is -2.15. The van der Waals surface area contributed by atoms with Crippen molar-refractivity contribution in [1.29, 1.82) is 0 Å². The zero-order chi connectivity index (χ0) is 24.9. The largest absolute Gasteiger partial charge is 0.489 e. The number of nitrogens with one attached hydrogen (secondary N) is 2. The van der Waals surface area contributed by atoms with Gasteiger partial charge in [0.15, 0.2) is 0 Å². The zero-order valence-electron chi connectivity index (χ0n) is 20.7. The van der Waals surface area contributed by atoms with Crippen molar-refractivity contribution in [2.75, 3.05) is 5.32 Å². The van der Waals surface area contributed by atoms with Crippen molar-refractivity contribution < 1.29 is 4.74 Å². The van der Waals surface area contributed by atoms with E-state index in [0.29, 0.717) is 6.61 Å². The molecule has 0 aliphatic carbocycles. The Hall–Kier alpha value is -4.57. The average molecular weight is 484 g/mol. The quantitative estimate of drug-likeness (QED) is 0.218. The molecule has 0 radical (unpaired) electrons. The SMILES string of the molecule is c1ccc(COc2cc(Nc3ccnc4ccccc34)ccc2CCCc2c[nH]c3ccccc23)cc1. The van der Waals surface area contributed by atoms with E-state index in [1.165, 1.54) is 22.0 Å². The molecule has 37 heavy (non-hydrogen) atoms. The van der Waals surface area contributed by atoms with E-state index in [1.807, 2.05) is 48.7 Å². The summed E-state index contributed by atoms with van der Waals surface area (Å²) in [4.78, 5) is 7.88. The minimum Gasteiger partial charge on any atom is -0.489 e. The second-order valence-electron chi connectivity index (χ2n) is 9.31. The fourth-order valence-electron chi connectivity index (χ4n) is 4.88. The number of fused-ring (bicyclic) bond motifs is 2. The number of benzene rings is 4. The van der Waals surface area contributed by atoms with Crippen LogP contribution >= 0.6 is 0 Å². The lowest BCUT2D eigenvalue weighted by Crippen LogP contribution is -2.01. The predicted molar refractivity (Wildman–Crippen MR) is 153 cm³/mol. The highest BCUT2D eigenvalue weighted by atomic mass is 16.5. The van der Waals surface area contributed by atoms with Gasteiger partial charge in [0.05, 0.1) is 5.52 Å². The van der Waals surface area contributed by atoms with Crippen LogP contribution in [0.4, 0.5) is 11.4 Å². The molecule has 182 valence electrons. The van der Waals surface area contributed by atoms with Gasteiger partial charge in [-0.25, -0.2) is 0 Å². The fraction of sp³-hybridized carbons (Fsp3) is 0.121. The average Bonchev–Trinajstić information content (AvgIpc) is 3.37. The molecule has 0 atom stereocenters. The number of rotatable bonds is 9. The number of para-hydroxylation sites is 2. The van der Waals surface area contributed by atoms with Crippen LogP contribution in [0.25, 0.3) is 21.8 Å². The maximum absolute atomic E-state index is 6.39. The Labute approximate surface area is 217 Å². The molecule has 0 saturated carbocycles. The number of hydrogen-bond acceptors (Lipinski definition) is 3. The van der Waals surface area contributed by atoms with E-state index in [4.69, 9.17) is 4.74 Å². The van der Waals surface area contributed by atoms with Crippen molar-refractivity contribution in [3.8, 4) is 5.75 Å². The number of nitrogens with zero attached hydrogens (tertiary/aromatic N) is 1. The highest BCUT2D eigenvalue weighted by molar-refractivity contribution is 5.92. The Kier molecular flexibility index (Phi) is 6.54. The van der Waals surface area contributed by atoms with Crippen molar-refractivity contribution in [3.05, 3.63) is 132 Å². The minimum absolute atomic E-state index is 0.540. The van der Waals surface area contributed by atoms with E-state index in [9.17, 15) is 0 Å². The van der Waals surface area contributed by atoms with Crippen molar-refractivity contribution >= 4 is 33.2 Å². The van der Waals surface area contributed by atoms with Gasteiger partial charge in [-0.15, -0.1) is 0 Å². The molecule has 0 saturated heterocycles. The van der Waals surface area contributed by atoms with Gasteiger partial charge >= 0.3 is 0 Å². The van der Waals surface area contributed by atoms with Crippen LogP contribution in [0.3, 0.4) is 0 Å². The predicted octanol–water partition coefficient (Wildman–Crippen LogP) is 8.21. The first-order valence-corrected chi connectivity index (χ1v) is 12.8. The van der Waals surface area contributed by atoms with Crippen LogP contribution in [0.5, 0.6) is 5.75 Å². The van der Waals surface area contributed by atoms with Crippen LogP contribution in [0, 0.1) is 0 Å². The Bertz CT molecular complexity index is 1630. The number of H-pyrrole nitrogens is 1. The molecule has 4 heteroatoms. The van der Waals surface area contributed by atoms with Crippen molar-refractivity contribution in [1.82, 2.24) is 9.97 Å². The van der Waals surface area contributed by atoms with Crippen LogP contribution in [0.2, 0.25) is 0 Å². The second-order valence-corrected chi connectivity index (χ2v) is 9.31. The van der Waals surface area contributed by atoms with Crippen LogP contribution in [-0.4, -0.2) is 9.97 Å². The summed E-state index contributed by atoms with van der Waals surface area (Å²) in [6.45, 7) is 0.540. The number of pyridine rings is 1. The smallest absolute Gasteiger partial charge is 0.125 e. The Balaban J connectivity index is 1.23. The van der Waals surface area contributed by atoms with Crippen LogP contribution in [0.15, 0.2) is 116 Å². The minimum atomic E-state index is 0.540. The van der Waals surface area contributed by atoms with Gasteiger partial charge in [-0.2, -0.15) is 0 Å². The molecule has 2 heterocycles. The van der Waals surface area contributed by atoms with Crippen LogP contribution in [0.1, 0.15) is 23.1 Å². The molecule has 0 fully saturated rings. The van der Waals surface area contributed by atoms with E-state index in [2.05, 4.69) is 82.1 Å². The number of aromatic nitrogens is 2. The summed E-state index contributed by atoms with van der Waals surface area (Å²) in [6, 6.07) is 35.5. The lowest BCUT2D eigenvalue weighted by atomic mass is 10.0. The standard InChI is InChI=1S/C33H29N3O/c1-2-9-24(10-3-1)23-37-33-21-27(36-32-19-20-34-31-16-7-5-14-29(31)32)18-17-25(33)11-8-12-26-22-35-30-15-6-4-13-28(26)30/h1-7,9-10,13-22,35H,8,11-12,23H2,(H,34,36). The molecule has 0 aliphatic rings. The molecule has 2 N–H and O–H groups in total. The van der Waals surface area contributed by atoms with Gasteiger partial charge < -0.3 is 15.0 Å². The summed E-state index contributed by atoms with van der Waals surface area (Å²) in [6.07, 6.45) is 7.00. The maximum Gasteiger partial charge on any atom is 0.125 e. The van der Waals surface area contributed by atoms with Crippen LogP contribution in [-0.2, 0) is 19.4 Å². The van der Waals surface area contributed by atoms with E-state index in [-0.39, 0.29) is 0 Å². The molecular weight excluding hydrogens is 454 g/mol. The first kappa shape index (κ1) is 22.9. The summed E-state index contributed by atoms with van der Waals surface area (Å²) < 4.78 is 6.39. The molecule has 2 aromatic heterocycles. The van der Waals surface area contributed by atoms with E-state index < -0.39 is 0 Å². The highest BCUT2D eigenvalue weighted by Gasteiger charge is 2.10. The molecule has 0 amide bonds. The first-order chi connectivity index (χ1) is 18.3. The Morgan fingerprint density at radius 3 is 2.43 bits per heavy atom. The van der Waals surface area contributed by atoms with Gasteiger partial charge in [0.25, 0.3) is 0 Å². The number of anilines is 2. The van der Waals surface area contributed by atoms with Gasteiger partial charge in [0, 0.05) is 46.1 Å². The molecule has 6 rings (SSSR count). The maximum atomic E-state index is 6.39. The molecular formula is C33H29N3O. The fourth-order valence-corrected chi connectivity index (χ4v) is 4.88. The monoisotopic (exact) mass is 483 g/mol. The van der Waals surface area contributed by atoms with E-state index in [0.717, 1.165) is 52.9 Å². The highest BCUT2D eigenvalue weighted by Crippen LogP contribution is 2.31. The summed E-state index contributed by atoms with van der Waals surface area (Å²) in [7, 11) is 0.